The van der Waals surface area contributed by atoms with Gasteiger partial charge in [-0.2, -0.15) is 19.9 Å². The van der Waals surface area contributed by atoms with Gasteiger partial charge in [0.1, 0.15) is 23.3 Å². The van der Waals surface area contributed by atoms with E-state index in [1.165, 1.54) is 27.8 Å². The fraction of sp³-hybridized carbons (Fsp3) is 0.511. The number of nitrogen functional groups attached to an aromatic ring is 2. The van der Waals surface area contributed by atoms with Crippen LogP contribution in [-0.4, -0.2) is 81.8 Å². The number of hydrogen-bond acceptors (Lipinski definition) is 14. The zero-order valence-electron chi connectivity index (χ0n) is 35.2. The second kappa shape index (κ2) is 19.2. The number of ether oxygens (including phenoxy) is 2. The van der Waals surface area contributed by atoms with Gasteiger partial charge in [0.25, 0.3) is 0 Å². The van der Waals surface area contributed by atoms with Gasteiger partial charge >= 0.3 is 12.0 Å². The highest BCUT2D eigenvalue weighted by Gasteiger charge is 2.30. The average molecular weight is 805 g/mol. The van der Waals surface area contributed by atoms with Crippen molar-refractivity contribution in [2.24, 2.45) is 0 Å². The zero-order chi connectivity index (χ0) is 41.5. The van der Waals surface area contributed by atoms with Crippen LogP contribution in [0.15, 0.2) is 36.4 Å². The van der Waals surface area contributed by atoms with E-state index in [0.717, 1.165) is 81.9 Å². The molecule has 0 bridgehead atoms. The summed E-state index contributed by atoms with van der Waals surface area (Å²) < 4.78 is 11.4. The standard InChI is InChI=1S/C24H33N5O2.C21H27N5O2/c1-4-5-10-31-24-26-22(25)21-12-20(30)15-29(23(21)27-24)13-17-6-7-18-8-9-28(16(2)3)14-19(18)11-17;1-2-3-8-28-21-24-19(22)18-10-17(27)13-26(20(18)25-21)12-14-4-5-15-6-7-23-11-16(15)9-14/h6-7,11,16H,4-5,8-10,12-15H2,1-3H3,(H2,25,26,27);4-5,9,23H,2-3,6-8,10-13H2,1H3,(H2,22,24,25). The van der Waals surface area contributed by atoms with E-state index in [4.69, 9.17) is 20.9 Å². The van der Waals surface area contributed by atoms with Gasteiger partial charge in [0.05, 0.1) is 26.3 Å². The Balaban J connectivity index is 0.000000180. The van der Waals surface area contributed by atoms with Crippen molar-refractivity contribution in [2.75, 3.05) is 60.7 Å². The molecule has 314 valence electrons. The molecule has 4 aromatic rings. The summed E-state index contributed by atoms with van der Waals surface area (Å²) >= 11 is 0. The second-order valence-electron chi connectivity index (χ2n) is 16.4. The third-order valence-electron chi connectivity index (χ3n) is 11.5. The first kappa shape index (κ1) is 41.8. The van der Waals surface area contributed by atoms with Crippen molar-refractivity contribution in [1.82, 2.24) is 30.2 Å². The van der Waals surface area contributed by atoms with Crippen LogP contribution in [0.5, 0.6) is 12.0 Å². The summed E-state index contributed by atoms with van der Waals surface area (Å²) in [5.74, 6) is 2.37. The van der Waals surface area contributed by atoms with Crippen LogP contribution in [0.3, 0.4) is 0 Å². The van der Waals surface area contributed by atoms with E-state index in [1.807, 2.05) is 9.80 Å². The van der Waals surface area contributed by atoms with Gasteiger partial charge in [0, 0.05) is 62.7 Å². The van der Waals surface area contributed by atoms with E-state index in [1.54, 1.807) is 0 Å². The Kier molecular flexibility index (Phi) is 13.6. The lowest BCUT2D eigenvalue weighted by Crippen LogP contribution is -2.37. The minimum Gasteiger partial charge on any atom is -0.463 e. The molecule has 0 radical (unpaired) electrons. The topological polar surface area (TPSA) is 178 Å². The normalized spacial score (nSPS) is 16.2. The molecule has 8 rings (SSSR count). The number of nitrogens with zero attached hydrogens (tertiary/aromatic N) is 7. The monoisotopic (exact) mass is 804 g/mol. The number of carbonyl (C=O) groups excluding carboxylic acids is 2. The van der Waals surface area contributed by atoms with Crippen LogP contribution in [-0.2, 0) is 61.5 Å². The lowest BCUT2D eigenvalue weighted by atomic mass is 9.96. The summed E-state index contributed by atoms with van der Waals surface area (Å²) in [6.45, 7) is 15.7. The Hall–Kier alpha value is -5.34. The number of fused-ring (bicyclic) bond motifs is 4. The van der Waals surface area contributed by atoms with Crippen molar-refractivity contribution >= 4 is 34.8 Å². The molecule has 4 aliphatic heterocycles. The smallest absolute Gasteiger partial charge is 0.320 e. The second-order valence-corrected chi connectivity index (χ2v) is 16.4. The molecular weight excluding hydrogens is 745 g/mol. The number of nitrogens with one attached hydrogen (secondary N) is 1. The largest absolute Gasteiger partial charge is 0.463 e. The maximum Gasteiger partial charge on any atom is 0.320 e. The molecule has 0 amide bonds. The highest BCUT2D eigenvalue weighted by Crippen LogP contribution is 2.33. The fourth-order valence-electron chi connectivity index (χ4n) is 8.13. The molecular formula is C45H60N10O4. The summed E-state index contributed by atoms with van der Waals surface area (Å²) in [6, 6.07) is 14.4. The van der Waals surface area contributed by atoms with E-state index in [0.29, 0.717) is 80.2 Å². The quantitative estimate of drug-likeness (QED) is 0.151. The number of nitrogens with two attached hydrogens (primary N) is 2. The van der Waals surface area contributed by atoms with Crippen LogP contribution in [0.1, 0.15) is 97.9 Å². The number of hydrogen-bond donors (Lipinski definition) is 3. The molecule has 5 N–H and O–H groups in total. The number of Topliss-reactive ketones (excluding diaryl/α,β-unsaturated/α-hetero) is 2. The van der Waals surface area contributed by atoms with Crippen LogP contribution in [0.4, 0.5) is 23.3 Å². The molecule has 0 atom stereocenters. The third-order valence-corrected chi connectivity index (χ3v) is 11.5. The van der Waals surface area contributed by atoms with Gasteiger partial charge in [-0.1, -0.05) is 63.1 Å². The Morgan fingerprint density at radius 3 is 1.75 bits per heavy atom. The number of ketones is 2. The third kappa shape index (κ3) is 10.3. The van der Waals surface area contributed by atoms with E-state index in [9.17, 15) is 9.59 Å². The van der Waals surface area contributed by atoms with E-state index in [2.05, 4.69) is 94.2 Å². The van der Waals surface area contributed by atoms with Crippen LogP contribution in [0.25, 0.3) is 0 Å². The highest BCUT2D eigenvalue weighted by atomic mass is 16.5. The van der Waals surface area contributed by atoms with Gasteiger partial charge in [0.2, 0.25) is 0 Å². The number of aromatic nitrogens is 4. The molecule has 0 saturated heterocycles. The van der Waals surface area contributed by atoms with Crippen LogP contribution in [0, 0.1) is 0 Å². The Morgan fingerprint density at radius 2 is 1.22 bits per heavy atom. The summed E-state index contributed by atoms with van der Waals surface area (Å²) in [4.78, 5) is 49.0. The van der Waals surface area contributed by atoms with Crippen molar-refractivity contribution < 1.29 is 19.1 Å². The molecule has 6 heterocycles. The minimum absolute atomic E-state index is 0.127. The van der Waals surface area contributed by atoms with Crippen molar-refractivity contribution in [3.63, 3.8) is 0 Å². The van der Waals surface area contributed by atoms with Gasteiger partial charge in [0.15, 0.2) is 11.6 Å². The number of unbranched alkanes of at least 4 members (excludes halogenated alkanes) is 2. The van der Waals surface area contributed by atoms with E-state index >= 15 is 0 Å². The molecule has 59 heavy (non-hydrogen) atoms. The maximum absolute atomic E-state index is 12.4. The van der Waals surface area contributed by atoms with Crippen molar-refractivity contribution in [1.29, 1.82) is 0 Å². The van der Waals surface area contributed by atoms with Crippen LogP contribution >= 0.6 is 0 Å². The average Bonchev–Trinajstić information content (AvgIpc) is 3.22. The maximum atomic E-state index is 12.4. The van der Waals surface area contributed by atoms with Crippen molar-refractivity contribution in [3.05, 3.63) is 80.9 Å². The van der Waals surface area contributed by atoms with E-state index in [-0.39, 0.29) is 24.4 Å². The van der Waals surface area contributed by atoms with Gasteiger partial charge in [-0.15, -0.1) is 0 Å². The molecule has 0 aliphatic carbocycles. The Morgan fingerprint density at radius 1 is 0.695 bits per heavy atom. The molecule has 2 aromatic carbocycles. The molecule has 4 aliphatic rings. The number of rotatable bonds is 13. The lowest BCUT2D eigenvalue weighted by molar-refractivity contribution is -0.118. The fourth-order valence-corrected chi connectivity index (χ4v) is 8.13. The first-order valence-corrected chi connectivity index (χ1v) is 21.4. The SMILES string of the molecule is CCCCOc1nc(N)c2c(n1)N(Cc1ccc3c(c1)CN(C(C)C)CC3)CC(=O)C2.CCCCOc1nc(N)c2c(n1)N(Cc1ccc3c(c1)CNCC3)CC(=O)C2. The first-order valence-electron chi connectivity index (χ1n) is 21.4. The summed E-state index contributed by atoms with van der Waals surface area (Å²) in [6.07, 6.45) is 6.64. The van der Waals surface area contributed by atoms with Gasteiger partial charge < -0.3 is 36.1 Å². The number of benzene rings is 2. The number of anilines is 4. The first-order chi connectivity index (χ1) is 28.6. The van der Waals surface area contributed by atoms with Crippen LogP contribution < -0.4 is 36.1 Å². The molecule has 0 spiro atoms. The Bertz CT molecular complexity index is 2140. The summed E-state index contributed by atoms with van der Waals surface area (Å²) in [7, 11) is 0. The molecule has 0 saturated carbocycles. The lowest BCUT2D eigenvalue weighted by Gasteiger charge is -2.33. The zero-order valence-corrected chi connectivity index (χ0v) is 35.2. The molecule has 0 unspecified atom stereocenters. The van der Waals surface area contributed by atoms with E-state index < -0.39 is 0 Å². The van der Waals surface area contributed by atoms with Gasteiger partial charge in [-0.05, 0) is 79.5 Å². The highest BCUT2D eigenvalue weighted by molar-refractivity contribution is 5.92. The summed E-state index contributed by atoms with van der Waals surface area (Å²) in [5, 5.41) is 3.41. The molecule has 14 nitrogen and oxygen atoms in total. The minimum atomic E-state index is 0.127. The molecule has 2 aromatic heterocycles. The molecule has 14 heteroatoms. The van der Waals surface area contributed by atoms with Crippen LogP contribution in [0.2, 0.25) is 0 Å². The van der Waals surface area contributed by atoms with Crippen molar-refractivity contribution in [2.45, 2.75) is 111 Å². The van der Waals surface area contributed by atoms with Gasteiger partial charge in [-0.25, -0.2) is 0 Å². The van der Waals surface area contributed by atoms with Gasteiger partial charge in [-0.3, -0.25) is 14.5 Å². The predicted octanol–water partition coefficient (Wildman–Crippen LogP) is 5.15. The molecule has 0 fully saturated rings. The predicted molar refractivity (Wildman–Crippen MR) is 231 cm³/mol. The number of carbonyl (C=O) groups is 2. The Labute approximate surface area is 348 Å². The summed E-state index contributed by atoms with van der Waals surface area (Å²) in [5.41, 5.74) is 21.6. The van der Waals surface area contributed by atoms with Crippen molar-refractivity contribution in [3.8, 4) is 12.0 Å².